The zero-order valence-electron chi connectivity index (χ0n) is 19.5. The maximum atomic E-state index is 11.9. The highest BCUT2D eigenvalue weighted by Crippen LogP contribution is 2.14. The Bertz CT molecular complexity index is 674. The summed E-state index contributed by atoms with van der Waals surface area (Å²) in [6, 6.07) is 8.87. The Kier molecular flexibility index (Phi) is 13.6. The number of rotatable bonds is 9. The summed E-state index contributed by atoms with van der Waals surface area (Å²) >= 11 is 0. The van der Waals surface area contributed by atoms with Crippen molar-refractivity contribution in [1.29, 1.82) is 0 Å². The molecule has 1 aromatic rings. The molecule has 31 heavy (non-hydrogen) atoms. The third-order valence-corrected chi connectivity index (χ3v) is 5.52. The topological polar surface area (TPSA) is 69.2 Å². The quantitative estimate of drug-likeness (QED) is 0.281. The van der Waals surface area contributed by atoms with Crippen molar-refractivity contribution in [3.05, 3.63) is 35.4 Å². The molecule has 1 aliphatic rings. The zero-order valence-corrected chi connectivity index (χ0v) is 21.9. The second-order valence-corrected chi connectivity index (χ2v) is 7.53. The number of likely N-dealkylation sites (tertiary alicyclic amines) is 1. The van der Waals surface area contributed by atoms with E-state index in [1.807, 2.05) is 6.92 Å². The molecular weight excluding hydrogens is 505 g/mol. The van der Waals surface area contributed by atoms with E-state index < -0.39 is 0 Å². The van der Waals surface area contributed by atoms with E-state index in [1.165, 1.54) is 11.1 Å². The normalized spacial score (nSPS) is 14.9. The van der Waals surface area contributed by atoms with Crippen molar-refractivity contribution in [2.45, 2.75) is 59.7 Å². The van der Waals surface area contributed by atoms with Gasteiger partial charge in [-0.15, -0.1) is 24.0 Å². The molecule has 1 heterocycles. The molecule has 2 rings (SSSR count). The van der Waals surface area contributed by atoms with Crippen LogP contribution in [0, 0.1) is 0 Å². The van der Waals surface area contributed by atoms with Crippen molar-refractivity contribution < 1.29 is 9.53 Å². The fourth-order valence-electron chi connectivity index (χ4n) is 3.65. The van der Waals surface area contributed by atoms with Crippen molar-refractivity contribution >= 4 is 36.0 Å². The molecule has 0 radical (unpaired) electrons. The van der Waals surface area contributed by atoms with Crippen LogP contribution in [0.1, 0.15) is 51.7 Å². The van der Waals surface area contributed by atoms with Gasteiger partial charge in [-0.25, -0.2) is 9.79 Å². The molecule has 1 aliphatic heterocycles. The first-order valence-corrected chi connectivity index (χ1v) is 11.4. The van der Waals surface area contributed by atoms with Gasteiger partial charge < -0.3 is 20.3 Å². The van der Waals surface area contributed by atoms with Crippen LogP contribution in [0.3, 0.4) is 0 Å². The average molecular weight is 546 g/mol. The molecule has 1 fully saturated rings. The number of nitrogens with one attached hydrogen (secondary N) is 2. The van der Waals surface area contributed by atoms with Crippen LogP contribution in [-0.4, -0.2) is 67.2 Å². The van der Waals surface area contributed by atoms with Crippen molar-refractivity contribution in [3.63, 3.8) is 0 Å². The number of halogens is 1. The van der Waals surface area contributed by atoms with Crippen LogP contribution >= 0.6 is 24.0 Å². The lowest BCUT2D eigenvalue weighted by atomic mass is 10.1. The van der Waals surface area contributed by atoms with Crippen molar-refractivity contribution in [3.8, 4) is 0 Å². The highest BCUT2D eigenvalue weighted by Gasteiger charge is 2.24. The maximum absolute atomic E-state index is 11.9. The first-order chi connectivity index (χ1) is 14.6. The van der Waals surface area contributed by atoms with E-state index in [4.69, 9.17) is 9.73 Å². The highest BCUT2D eigenvalue weighted by atomic mass is 127. The van der Waals surface area contributed by atoms with Gasteiger partial charge in [0.15, 0.2) is 5.96 Å². The summed E-state index contributed by atoms with van der Waals surface area (Å²) in [6.45, 7) is 14.7. The van der Waals surface area contributed by atoms with Crippen LogP contribution < -0.4 is 10.6 Å². The molecule has 1 amide bonds. The second kappa shape index (κ2) is 15.3. The molecule has 0 saturated carbocycles. The predicted molar refractivity (Wildman–Crippen MR) is 138 cm³/mol. The molecule has 0 atom stereocenters. The van der Waals surface area contributed by atoms with Gasteiger partial charge >= 0.3 is 6.09 Å². The van der Waals surface area contributed by atoms with Crippen LogP contribution in [0.15, 0.2) is 29.3 Å². The summed E-state index contributed by atoms with van der Waals surface area (Å²) in [7, 11) is 0. The van der Waals surface area contributed by atoms with Gasteiger partial charge in [0.05, 0.1) is 13.2 Å². The molecule has 0 aliphatic carbocycles. The molecule has 2 N–H and O–H groups in total. The van der Waals surface area contributed by atoms with Crippen LogP contribution in [0.25, 0.3) is 0 Å². The molecule has 1 saturated heterocycles. The van der Waals surface area contributed by atoms with Gasteiger partial charge in [0.25, 0.3) is 0 Å². The molecule has 7 nitrogen and oxygen atoms in total. The Hall–Kier alpha value is -1.55. The first-order valence-electron chi connectivity index (χ1n) is 11.4. The number of carbonyl (C=O) groups is 1. The monoisotopic (exact) mass is 545 g/mol. The fourth-order valence-corrected chi connectivity index (χ4v) is 3.65. The summed E-state index contributed by atoms with van der Waals surface area (Å²) in [4.78, 5) is 20.9. The van der Waals surface area contributed by atoms with Crippen LogP contribution in [-0.2, 0) is 17.8 Å². The number of hydrogen-bond acceptors (Lipinski definition) is 4. The summed E-state index contributed by atoms with van der Waals surface area (Å²) in [6.07, 6.45) is 1.57. The zero-order chi connectivity index (χ0) is 21.8. The van der Waals surface area contributed by atoms with Gasteiger partial charge in [0.1, 0.15) is 0 Å². The van der Waals surface area contributed by atoms with Gasteiger partial charge in [-0.1, -0.05) is 38.1 Å². The van der Waals surface area contributed by atoms with E-state index in [1.54, 1.807) is 4.90 Å². The summed E-state index contributed by atoms with van der Waals surface area (Å²) < 4.78 is 5.11. The summed E-state index contributed by atoms with van der Waals surface area (Å²) in [5.74, 6) is 0.838. The van der Waals surface area contributed by atoms with Gasteiger partial charge in [-0.3, -0.25) is 4.90 Å². The smallest absolute Gasteiger partial charge is 0.409 e. The minimum atomic E-state index is -0.207. The van der Waals surface area contributed by atoms with E-state index in [9.17, 15) is 4.79 Å². The summed E-state index contributed by atoms with van der Waals surface area (Å²) in [5.41, 5.74) is 2.60. The number of ether oxygens (including phenoxy) is 1. The number of piperidine rings is 1. The minimum Gasteiger partial charge on any atom is -0.450 e. The Balaban J connectivity index is 0.00000480. The lowest BCUT2D eigenvalue weighted by molar-refractivity contribution is 0.0963. The van der Waals surface area contributed by atoms with Gasteiger partial charge in [-0.2, -0.15) is 0 Å². The number of hydrogen-bond donors (Lipinski definition) is 2. The highest BCUT2D eigenvalue weighted by molar-refractivity contribution is 14.0. The summed E-state index contributed by atoms with van der Waals surface area (Å²) in [5, 5.41) is 6.91. The van der Waals surface area contributed by atoms with Crippen molar-refractivity contribution in [2.24, 2.45) is 4.99 Å². The second-order valence-electron chi connectivity index (χ2n) is 7.53. The molecule has 176 valence electrons. The van der Waals surface area contributed by atoms with Gasteiger partial charge in [0.2, 0.25) is 0 Å². The Morgan fingerprint density at radius 1 is 1.13 bits per heavy atom. The Labute approximate surface area is 205 Å². The van der Waals surface area contributed by atoms with Crippen molar-refractivity contribution in [1.82, 2.24) is 20.4 Å². The molecule has 0 unspecified atom stereocenters. The van der Waals surface area contributed by atoms with Crippen molar-refractivity contribution in [2.75, 3.05) is 39.3 Å². The number of aliphatic imine (C=N–C) groups is 1. The van der Waals surface area contributed by atoms with E-state index >= 15 is 0 Å². The molecule has 1 aromatic carbocycles. The Morgan fingerprint density at radius 2 is 1.77 bits per heavy atom. The number of carbonyl (C=O) groups excluding carboxylic acids is 1. The lowest BCUT2D eigenvalue weighted by Crippen LogP contribution is -2.49. The molecule has 0 spiro atoms. The molecule has 0 bridgehead atoms. The van der Waals surface area contributed by atoms with Crippen LogP contribution in [0.2, 0.25) is 0 Å². The van der Waals surface area contributed by atoms with E-state index in [2.05, 4.69) is 60.6 Å². The average Bonchev–Trinajstić information content (AvgIpc) is 2.77. The number of nitrogens with zero attached hydrogens (tertiary/aromatic N) is 3. The molecule has 0 aromatic heterocycles. The largest absolute Gasteiger partial charge is 0.450 e. The number of benzene rings is 1. The van der Waals surface area contributed by atoms with E-state index in [0.29, 0.717) is 32.3 Å². The first kappa shape index (κ1) is 27.5. The van der Waals surface area contributed by atoms with Crippen LogP contribution in [0.4, 0.5) is 4.79 Å². The lowest BCUT2D eigenvalue weighted by Gasteiger charge is -2.32. The predicted octanol–water partition coefficient (Wildman–Crippen LogP) is 3.82. The fraction of sp³-hybridized carbons (Fsp3) is 0.652. The van der Waals surface area contributed by atoms with Crippen LogP contribution in [0.5, 0.6) is 0 Å². The van der Waals surface area contributed by atoms with E-state index in [0.717, 1.165) is 45.0 Å². The standard InChI is InChI=1S/C23H39N5O2.HI/c1-5-24-22(26-21-13-15-28(16-14-21)23(29)30-8-4)25-17-19-11-9-10-12-20(19)18-27(6-2)7-3;/h9-12,21H,5-8,13-18H2,1-4H3,(H2,24,25,26);1H. The molecular formula is C23H40IN5O2. The van der Waals surface area contributed by atoms with E-state index in [-0.39, 0.29) is 30.1 Å². The number of amides is 1. The van der Waals surface area contributed by atoms with Gasteiger partial charge in [0, 0.05) is 32.2 Å². The van der Waals surface area contributed by atoms with Gasteiger partial charge in [-0.05, 0) is 50.9 Å². The SMILES string of the molecule is CCNC(=NCc1ccccc1CN(CC)CC)NC1CCN(C(=O)OCC)CC1.I. The number of guanidine groups is 1. The third kappa shape index (κ3) is 9.22. The maximum Gasteiger partial charge on any atom is 0.409 e. The minimum absolute atomic E-state index is 0. The molecule has 8 heteroatoms. The Morgan fingerprint density at radius 3 is 2.35 bits per heavy atom. The third-order valence-electron chi connectivity index (χ3n) is 5.52.